The SMILES string of the molecule is CCCCn1nc(C(=O)Nc2ccc(Oc3ccc(F)cc3)nc2)ccc1=O. The van der Waals surface area contributed by atoms with Crippen LogP contribution in [0.2, 0.25) is 0 Å². The maximum absolute atomic E-state index is 12.9. The zero-order valence-corrected chi connectivity index (χ0v) is 15.3. The van der Waals surface area contributed by atoms with Gasteiger partial charge in [-0.15, -0.1) is 0 Å². The van der Waals surface area contributed by atoms with Crippen molar-refractivity contribution in [1.82, 2.24) is 14.8 Å². The van der Waals surface area contributed by atoms with Crippen LogP contribution in [-0.4, -0.2) is 20.7 Å². The van der Waals surface area contributed by atoms with Crippen LogP contribution in [0.3, 0.4) is 0 Å². The Morgan fingerprint density at radius 3 is 2.61 bits per heavy atom. The predicted octanol–water partition coefficient (Wildman–Crippen LogP) is 3.62. The van der Waals surface area contributed by atoms with E-state index in [2.05, 4.69) is 15.4 Å². The lowest BCUT2D eigenvalue weighted by Gasteiger charge is -2.08. The number of nitrogens with zero attached hydrogens (tertiary/aromatic N) is 3. The fourth-order valence-corrected chi connectivity index (χ4v) is 2.37. The van der Waals surface area contributed by atoms with Crippen molar-refractivity contribution in [2.75, 3.05) is 5.32 Å². The summed E-state index contributed by atoms with van der Waals surface area (Å²) >= 11 is 0. The van der Waals surface area contributed by atoms with Gasteiger partial charge < -0.3 is 10.1 Å². The maximum Gasteiger partial charge on any atom is 0.276 e. The van der Waals surface area contributed by atoms with Crippen LogP contribution < -0.4 is 15.6 Å². The molecule has 0 atom stereocenters. The molecule has 0 aliphatic heterocycles. The smallest absolute Gasteiger partial charge is 0.276 e. The van der Waals surface area contributed by atoms with E-state index < -0.39 is 5.91 Å². The third-order valence-corrected chi connectivity index (χ3v) is 3.85. The number of aryl methyl sites for hydroxylation is 1. The zero-order valence-electron chi connectivity index (χ0n) is 15.3. The van der Waals surface area contributed by atoms with E-state index in [-0.39, 0.29) is 17.1 Å². The van der Waals surface area contributed by atoms with Gasteiger partial charge in [0.05, 0.1) is 11.9 Å². The van der Waals surface area contributed by atoms with E-state index in [1.54, 1.807) is 12.1 Å². The molecule has 144 valence electrons. The van der Waals surface area contributed by atoms with Gasteiger partial charge in [-0.3, -0.25) is 9.59 Å². The Hall–Kier alpha value is -3.55. The minimum atomic E-state index is -0.445. The summed E-state index contributed by atoms with van der Waals surface area (Å²) in [6, 6.07) is 11.5. The number of ether oxygens (including phenoxy) is 1. The molecule has 0 aliphatic carbocycles. The highest BCUT2D eigenvalue weighted by Crippen LogP contribution is 2.20. The van der Waals surface area contributed by atoms with Crippen molar-refractivity contribution in [3.8, 4) is 11.6 Å². The molecule has 0 aliphatic rings. The molecule has 1 N–H and O–H groups in total. The molecule has 0 saturated carbocycles. The van der Waals surface area contributed by atoms with Gasteiger partial charge in [-0.1, -0.05) is 13.3 Å². The third-order valence-electron chi connectivity index (χ3n) is 3.85. The van der Waals surface area contributed by atoms with E-state index in [4.69, 9.17) is 4.74 Å². The van der Waals surface area contributed by atoms with Crippen LogP contribution in [0.1, 0.15) is 30.3 Å². The summed E-state index contributed by atoms with van der Waals surface area (Å²) in [6.45, 7) is 2.48. The molecule has 3 rings (SSSR count). The number of nitrogens with one attached hydrogen (secondary N) is 1. The molecule has 0 spiro atoms. The number of hydrogen-bond acceptors (Lipinski definition) is 5. The van der Waals surface area contributed by atoms with Crippen LogP contribution in [0, 0.1) is 5.82 Å². The molecule has 0 radical (unpaired) electrons. The van der Waals surface area contributed by atoms with E-state index in [1.807, 2.05) is 6.92 Å². The van der Waals surface area contributed by atoms with Crippen molar-refractivity contribution < 1.29 is 13.9 Å². The lowest BCUT2D eigenvalue weighted by atomic mass is 10.3. The summed E-state index contributed by atoms with van der Waals surface area (Å²) in [5, 5.41) is 6.78. The fourth-order valence-electron chi connectivity index (χ4n) is 2.37. The first kappa shape index (κ1) is 19.2. The molecule has 28 heavy (non-hydrogen) atoms. The Morgan fingerprint density at radius 1 is 1.14 bits per heavy atom. The van der Waals surface area contributed by atoms with Gasteiger partial charge in [-0.05, 0) is 42.8 Å². The first-order valence-corrected chi connectivity index (χ1v) is 8.84. The van der Waals surface area contributed by atoms with Crippen molar-refractivity contribution in [2.24, 2.45) is 0 Å². The third kappa shape index (κ3) is 5.00. The van der Waals surface area contributed by atoms with Gasteiger partial charge in [0.25, 0.3) is 11.5 Å². The van der Waals surface area contributed by atoms with Gasteiger partial charge in [-0.2, -0.15) is 5.10 Å². The van der Waals surface area contributed by atoms with Crippen molar-refractivity contribution in [3.63, 3.8) is 0 Å². The first-order valence-electron chi connectivity index (χ1n) is 8.84. The summed E-state index contributed by atoms with van der Waals surface area (Å²) in [6.07, 6.45) is 3.16. The molecule has 1 amide bonds. The standard InChI is InChI=1S/C20H19FN4O3/c1-2-3-12-25-19(26)11-9-17(24-25)20(27)23-15-6-10-18(22-13-15)28-16-7-4-14(21)5-8-16/h4-11,13H,2-3,12H2,1H3,(H,23,27). The number of unbranched alkanes of at least 4 members (excludes halogenated alkanes) is 1. The van der Waals surface area contributed by atoms with Crippen molar-refractivity contribution in [2.45, 2.75) is 26.3 Å². The zero-order chi connectivity index (χ0) is 19.9. The highest BCUT2D eigenvalue weighted by atomic mass is 19.1. The van der Waals surface area contributed by atoms with Gasteiger partial charge in [0.15, 0.2) is 0 Å². The highest BCUT2D eigenvalue weighted by Gasteiger charge is 2.10. The molecule has 0 saturated heterocycles. The lowest BCUT2D eigenvalue weighted by Crippen LogP contribution is -2.26. The molecular formula is C20H19FN4O3. The second-order valence-electron chi connectivity index (χ2n) is 6.03. The summed E-state index contributed by atoms with van der Waals surface area (Å²) in [5.41, 5.74) is 0.348. The Bertz CT molecular complexity index is 1000. The number of amides is 1. The quantitative estimate of drug-likeness (QED) is 0.674. The van der Waals surface area contributed by atoms with Crippen LogP contribution in [0.15, 0.2) is 59.5 Å². The number of aromatic nitrogens is 3. The lowest BCUT2D eigenvalue weighted by molar-refractivity contribution is 0.101. The maximum atomic E-state index is 12.9. The first-order chi connectivity index (χ1) is 13.5. The van der Waals surface area contributed by atoms with Crippen LogP contribution in [-0.2, 0) is 6.54 Å². The largest absolute Gasteiger partial charge is 0.439 e. The Labute approximate surface area is 160 Å². The molecule has 0 bridgehead atoms. The molecule has 0 fully saturated rings. The molecule has 3 aromatic rings. The van der Waals surface area contributed by atoms with Crippen LogP contribution in [0.25, 0.3) is 0 Å². The summed E-state index contributed by atoms with van der Waals surface area (Å²) < 4.78 is 19.7. The number of carbonyl (C=O) groups is 1. The minimum Gasteiger partial charge on any atom is -0.439 e. The fraction of sp³-hybridized carbons (Fsp3) is 0.200. The van der Waals surface area contributed by atoms with Crippen LogP contribution >= 0.6 is 0 Å². The number of pyridine rings is 1. The second kappa shape index (κ2) is 8.90. The number of carbonyl (C=O) groups excluding carboxylic acids is 1. The molecule has 2 heterocycles. The van der Waals surface area contributed by atoms with Crippen molar-refractivity contribution >= 4 is 11.6 Å². The van der Waals surface area contributed by atoms with E-state index in [0.29, 0.717) is 23.9 Å². The van der Waals surface area contributed by atoms with Gasteiger partial charge in [0, 0.05) is 18.7 Å². The number of hydrogen-bond donors (Lipinski definition) is 1. The van der Waals surface area contributed by atoms with Crippen molar-refractivity contribution in [1.29, 1.82) is 0 Å². The normalized spacial score (nSPS) is 10.5. The van der Waals surface area contributed by atoms with Gasteiger partial charge in [-0.25, -0.2) is 14.1 Å². The van der Waals surface area contributed by atoms with Crippen LogP contribution in [0.4, 0.5) is 10.1 Å². The van der Waals surface area contributed by atoms with E-state index in [0.717, 1.165) is 12.8 Å². The Morgan fingerprint density at radius 2 is 1.93 bits per heavy atom. The molecular weight excluding hydrogens is 363 g/mol. The molecule has 0 unspecified atom stereocenters. The number of halogens is 1. The molecule has 1 aromatic carbocycles. The topological polar surface area (TPSA) is 86.1 Å². The van der Waals surface area contributed by atoms with Gasteiger partial charge in [0.2, 0.25) is 5.88 Å². The van der Waals surface area contributed by atoms with Crippen molar-refractivity contribution in [3.05, 3.63) is 76.6 Å². The van der Waals surface area contributed by atoms with E-state index >= 15 is 0 Å². The average Bonchev–Trinajstić information content (AvgIpc) is 2.70. The Kier molecular flexibility index (Phi) is 6.11. The molecule has 8 heteroatoms. The monoisotopic (exact) mass is 382 g/mol. The predicted molar refractivity (Wildman–Crippen MR) is 102 cm³/mol. The van der Waals surface area contributed by atoms with Gasteiger partial charge in [0.1, 0.15) is 17.3 Å². The second-order valence-corrected chi connectivity index (χ2v) is 6.03. The summed E-state index contributed by atoms with van der Waals surface area (Å²) in [5.74, 6) is -0.0488. The van der Waals surface area contributed by atoms with Gasteiger partial charge >= 0.3 is 0 Å². The highest BCUT2D eigenvalue weighted by molar-refractivity contribution is 6.02. The molecule has 2 aromatic heterocycles. The van der Waals surface area contributed by atoms with Crippen LogP contribution in [0.5, 0.6) is 11.6 Å². The minimum absolute atomic E-state index is 0.141. The Balaban J connectivity index is 1.65. The molecule has 7 nitrogen and oxygen atoms in total. The summed E-state index contributed by atoms with van der Waals surface area (Å²) in [7, 11) is 0. The van der Waals surface area contributed by atoms with E-state index in [9.17, 15) is 14.0 Å². The number of rotatable bonds is 7. The van der Waals surface area contributed by atoms with E-state index in [1.165, 1.54) is 47.3 Å². The number of benzene rings is 1. The summed E-state index contributed by atoms with van der Waals surface area (Å²) in [4.78, 5) is 28.3. The number of anilines is 1. The average molecular weight is 382 g/mol.